The van der Waals surface area contributed by atoms with E-state index in [-0.39, 0.29) is 0 Å². The van der Waals surface area contributed by atoms with Crippen LogP contribution in [0.15, 0.2) is 177 Å². The molecule has 3 heterocycles. The summed E-state index contributed by atoms with van der Waals surface area (Å²) in [7, 11) is 0. The highest BCUT2D eigenvalue weighted by molar-refractivity contribution is 6.19. The molecule has 236 valence electrons. The van der Waals surface area contributed by atoms with Gasteiger partial charge in [-0.25, -0.2) is 0 Å². The highest BCUT2D eigenvalue weighted by atomic mass is 14.7. The highest BCUT2D eigenvalue weighted by Gasteiger charge is 2.51. The van der Waals surface area contributed by atoms with Gasteiger partial charge in [-0.15, -0.1) is 0 Å². The molecule has 0 atom stereocenters. The molecular weight excluding hydrogens is 619 g/mol. The maximum absolute atomic E-state index is 4.81. The SMILES string of the molecule is c1ccc(-c2cc3c4c(ccc5cc(-c6cc(-c7ccncc7)cc(-c7ccncc7)c6)cc(c54)C34c3ccccc3-c3ccccc34)c2)nc1. The molecule has 1 spiro atoms. The Hall–Kier alpha value is -6.71. The molecule has 0 unspecified atom stereocenters. The summed E-state index contributed by atoms with van der Waals surface area (Å²) in [4.78, 5) is 13.4. The Labute approximate surface area is 295 Å². The summed E-state index contributed by atoms with van der Waals surface area (Å²) in [6.07, 6.45) is 9.35. The minimum atomic E-state index is -0.481. The third-order valence-corrected chi connectivity index (χ3v) is 11.0. The summed E-state index contributed by atoms with van der Waals surface area (Å²) < 4.78 is 0. The molecule has 3 heteroatoms. The first-order valence-corrected chi connectivity index (χ1v) is 17.4. The molecule has 9 aromatic rings. The quantitative estimate of drug-likeness (QED) is 0.178. The predicted octanol–water partition coefficient (Wildman–Crippen LogP) is 11.5. The van der Waals surface area contributed by atoms with Crippen LogP contribution in [0.1, 0.15) is 22.3 Å². The largest absolute Gasteiger partial charge is 0.265 e. The Morgan fingerprint density at radius 3 is 1.35 bits per heavy atom. The van der Waals surface area contributed by atoms with Crippen molar-refractivity contribution in [2.24, 2.45) is 0 Å². The lowest BCUT2D eigenvalue weighted by Gasteiger charge is -2.31. The topological polar surface area (TPSA) is 38.7 Å². The molecule has 3 nitrogen and oxygen atoms in total. The molecule has 0 radical (unpaired) electrons. The first kappa shape index (κ1) is 28.2. The average Bonchev–Trinajstić information content (AvgIpc) is 3.68. The van der Waals surface area contributed by atoms with E-state index in [2.05, 4.69) is 149 Å². The van der Waals surface area contributed by atoms with Gasteiger partial charge in [-0.3, -0.25) is 15.0 Å². The van der Waals surface area contributed by atoms with Gasteiger partial charge in [0.1, 0.15) is 0 Å². The van der Waals surface area contributed by atoms with Gasteiger partial charge >= 0.3 is 0 Å². The minimum absolute atomic E-state index is 0.481. The van der Waals surface area contributed by atoms with E-state index in [1.54, 1.807) is 0 Å². The van der Waals surface area contributed by atoms with Gasteiger partial charge in [0.15, 0.2) is 0 Å². The van der Waals surface area contributed by atoms with Gasteiger partial charge in [0.05, 0.1) is 11.1 Å². The summed E-state index contributed by atoms with van der Waals surface area (Å²) in [5.74, 6) is 0. The van der Waals surface area contributed by atoms with Crippen LogP contribution in [0.5, 0.6) is 0 Å². The minimum Gasteiger partial charge on any atom is -0.265 e. The zero-order valence-corrected chi connectivity index (χ0v) is 27.6. The second kappa shape index (κ2) is 10.6. The van der Waals surface area contributed by atoms with E-state index in [9.17, 15) is 0 Å². The Balaban J connectivity index is 1.25. The monoisotopic (exact) mass is 647 g/mol. The van der Waals surface area contributed by atoms with Crippen molar-refractivity contribution in [1.29, 1.82) is 0 Å². The van der Waals surface area contributed by atoms with Gasteiger partial charge in [-0.05, 0) is 167 Å². The molecule has 2 aliphatic carbocycles. The summed E-state index contributed by atoms with van der Waals surface area (Å²) in [5.41, 5.74) is 16.5. The predicted molar refractivity (Wildman–Crippen MR) is 207 cm³/mol. The van der Waals surface area contributed by atoms with E-state index < -0.39 is 5.41 Å². The zero-order valence-electron chi connectivity index (χ0n) is 27.6. The molecule has 0 N–H and O–H groups in total. The summed E-state index contributed by atoms with van der Waals surface area (Å²) >= 11 is 0. The van der Waals surface area contributed by atoms with Crippen LogP contribution in [-0.4, -0.2) is 15.0 Å². The van der Waals surface area contributed by atoms with Crippen LogP contribution < -0.4 is 0 Å². The van der Waals surface area contributed by atoms with Gasteiger partial charge < -0.3 is 0 Å². The Morgan fingerprint density at radius 2 is 0.804 bits per heavy atom. The normalized spacial score (nSPS) is 13.3. The van der Waals surface area contributed by atoms with Crippen molar-refractivity contribution >= 4 is 21.5 Å². The summed E-state index contributed by atoms with van der Waals surface area (Å²) in [5, 5.41) is 5.17. The number of aromatic nitrogens is 3. The van der Waals surface area contributed by atoms with Crippen molar-refractivity contribution in [3.63, 3.8) is 0 Å². The van der Waals surface area contributed by atoms with Gasteiger partial charge in [0.25, 0.3) is 0 Å². The molecule has 6 aromatic carbocycles. The molecule has 0 saturated heterocycles. The Kier molecular flexibility index (Phi) is 5.88. The lowest BCUT2D eigenvalue weighted by atomic mass is 9.69. The van der Waals surface area contributed by atoms with Crippen LogP contribution in [0.25, 0.3) is 77.3 Å². The zero-order chi connectivity index (χ0) is 33.5. The fraction of sp³-hybridized carbons (Fsp3) is 0.0208. The van der Waals surface area contributed by atoms with Gasteiger partial charge in [-0.1, -0.05) is 66.7 Å². The number of nitrogens with zero attached hydrogens (tertiary/aromatic N) is 3. The lowest BCUT2D eigenvalue weighted by Crippen LogP contribution is -2.26. The molecule has 0 saturated carbocycles. The van der Waals surface area contributed by atoms with Crippen LogP contribution in [-0.2, 0) is 5.41 Å². The fourth-order valence-electron chi connectivity index (χ4n) is 8.95. The van der Waals surface area contributed by atoms with E-state index >= 15 is 0 Å². The second-order valence-corrected chi connectivity index (χ2v) is 13.6. The molecule has 0 bridgehead atoms. The number of hydrogen-bond donors (Lipinski definition) is 0. The van der Waals surface area contributed by atoms with Crippen LogP contribution in [0.3, 0.4) is 0 Å². The number of benzene rings is 6. The van der Waals surface area contributed by atoms with Gasteiger partial charge in [-0.2, -0.15) is 0 Å². The Bertz CT molecular complexity index is 2740. The van der Waals surface area contributed by atoms with Crippen molar-refractivity contribution in [1.82, 2.24) is 15.0 Å². The van der Waals surface area contributed by atoms with Crippen LogP contribution in [0, 0.1) is 0 Å². The molecule has 51 heavy (non-hydrogen) atoms. The maximum Gasteiger partial charge on any atom is 0.0726 e. The third-order valence-electron chi connectivity index (χ3n) is 11.0. The molecule has 0 amide bonds. The molecule has 0 aliphatic heterocycles. The van der Waals surface area contributed by atoms with E-state index in [4.69, 9.17) is 4.98 Å². The van der Waals surface area contributed by atoms with E-state index in [0.717, 1.165) is 33.5 Å². The van der Waals surface area contributed by atoms with Crippen molar-refractivity contribution in [3.8, 4) is 55.8 Å². The standard InChI is InChI=1S/C48H29N3/c1-3-9-41-39(7-1)40-8-2-4-10-42(40)48(41)43-28-37(36-26-34(30-14-19-49-20-15-30)25-35(27-36)31-16-21-50-22-17-31)23-32-12-13-33-24-38(45-11-5-6-18-51-45)29-44(48)47(33)46(32)43/h1-29H. The lowest BCUT2D eigenvalue weighted by molar-refractivity contribution is 0.797. The van der Waals surface area contributed by atoms with Crippen molar-refractivity contribution in [2.45, 2.75) is 5.41 Å². The maximum atomic E-state index is 4.81. The number of pyridine rings is 3. The van der Waals surface area contributed by atoms with Gasteiger partial charge in [0.2, 0.25) is 0 Å². The number of fused-ring (bicyclic) bond motifs is 7. The van der Waals surface area contributed by atoms with Crippen LogP contribution in [0.4, 0.5) is 0 Å². The first-order valence-electron chi connectivity index (χ1n) is 17.4. The number of rotatable bonds is 4. The smallest absolute Gasteiger partial charge is 0.0726 e. The molecular formula is C48H29N3. The highest BCUT2D eigenvalue weighted by Crippen LogP contribution is 2.63. The molecule has 11 rings (SSSR count). The molecule has 3 aromatic heterocycles. The van der Waals surface area contributed by atoms with Crippen LogP contribution in [0.2, 0.25) is 0 Å². The van der Waals surface area contributed by atoms with Crippen LogP contribution >= 0.6 is 0 Å². The Morgan fingerprint density at radius 1 is 0.333 bits per heavy atom. The van der Waals surface area contributed by atoms with E-state index in [1.807, 2.05) is 37.1 Å². The third kappa shape index (κ3) is 3.97. The average molecular weight is 648 g/mol. The first-order chi connectivity index (χ1) is 25.3. The fourth-order valence-corrected chi connectivity index (χ4v) is 8.95. The van der Waals surface area contributed by atoms with Crippen molar-refractivity contribution in [2.75, 3.05) is 0 Å². The van der Waals surface area contributed by atoms with E-state index in [0.29, 0.717) is 0 Å². The second-order valence-electron chi connectivity index (χ2n) is 13.6. The summed E-state index contributed by atoms with van der Waals surface area (Å²) in [6.45, 7) is 0. The summed E-state index contributed by atoms with van der Waals surface area (Å²) in [6, 6.07) is 53.8. The van der Waals surface area contributed by atoms with Gasteiger partial charge in [0, 0.05) is 36.5 Å². The molecule has 0 fully saturated rings. The van der Waals surface area contributed by atoms with Crippen molar-refractivity contribution < 1.29 is 0 Å². The molecule has 2 aliphatic rings. The van der Waals surface area contributed by atoms with Crippen molar-refractivity contribution in [3.05, 3.63) is 199 Å². The van der Waals surface area contributed by atoms with E-state index in [1.165, 1.54) is 66.1 Å². The number of hydrogen-bond acceptors (Lipinski definition) is 3.